The Labute approximate surface area is 135 Å². The van der Waals surface area contributed by atoms with E-state index in [4.69, 9.17) is 0 Å². The standard InChI is InChI=1S/C18H34N2O2/c1-17(2,3)16(22)19-14(15(21)20-18(4,5)6)12-13-10-8-7-9-11-13/h13-14H,7-12H2,1-6H3,(H,19,22)(H,20,21)/t14-/m0/s1. The Hall–Kier alpha value is -1.06. The summed E-state index contributed by atoms with van der Waals surface area (Å²) < 4.78 is 0. The van der Waals surface area contributed by atoms with Crippen molar-refractivity contribution in [3.8, 4) is 0 Å². The van der Waals surface area contributed by atoms with Crippen LogP contribution in [-0.2, 0) is 9.59 Å². The van der Waals surface area contributed by atoms with E-state index in [-0.39, 0.29) is 17.4 Å². The van der Waals surface area contributed by atoms with Gasteiger partial charge < -0.3 is 10.6 Å². The highest BCUT2D eigenvalue weighted by Gasteiger charge is 2.31. The van der Waals surface area contributed by atoms with Gasteiger partial charge in [0.05, 0.1) is 0 Å². The Kier molecular flexibility index (Phi) is 6.45. The van der Waals surface area contributed by atoms with Gasteiger partial charge in [-0.3, -0.25) is 9.59 Å². The zero-order valence-electron chi connectivity index (χ0n) is 15.2. The van der Waals surface area contributed by atoms with Crippen LogP contribution in [0.15, 0.2) is 0 Å². The van der Waals surface area contributed by atoms with Crippen LogP contribution < -0.4 is 10.6 Å². The summed E-state index contributed by atoms with van der Waals surface area (Å²) in [5.41, 5.74) is -0.763. The molecule has 0 spiro atoms. The van der Waals surface area contributed by atoms with E-state index in [1.807, 2.05) is 41.5 Å². The molecule has 1 atom stereocenters. The lowest BCUT2D eigenvalue weighted by Gasteiger charge is -2.31. The molecule has 0 aromatic heterocycles. The summed E-state index contributed by atoms with van der Waals surface area (Å²) in [5.74, 6) is 0.428. The molecule has 22 heavy (non-hydrogen) atoms. The Morgan fingerprint density at radius 1 is 1.00 bits per heavy atom. The second-order valence-corrected chi connectivity index (χ2v) is 8.76. The molecule has 0 unspecified atom stereocenters. The van der Waals surface area contributed by atoms with Gasteiger partial charge in [0, 0.05) is 11.0 Å². The van der Waals surface area contributed by atoms with Gasteiger partial charge >= 0.3 is 0 Å². The zero-order valence-corrected chi connectivity index (χ0v) is 15.2. The average Bonchev–Trinajstić information content (AvgIpc) is 2.36. The maximum Gasteiger partial charge on any atom is 0.242 e. The highest BCUT2D eigenvalue weighted by atomic mass is 16.2. The van der Waals surface area contributed by atoms with Crippen LogP contribution in [0.2, 0.25) is 0 Å². The van der Waals surface area contributed by atoms with Gasteiger partial charge in [-0.1, -0.05) is 52.9 Å². The average molecular weight is 310 g/mol. The summed E-state index contributed by atoms with van der Waals surface area (Å²) in [4.78, 5) is 24.9. The van der Waals surface area contributed by atoms with E-state index in [1.54, 1.807) is 0 Å². The van der Waals surface area contributed by atoms with E-state index < -0.39 is 11.5 Å². The second-order valence-electron chi connectivity index (χ2n) is 8.76. The van der Waals surface area contributed by atoms with Crippen LogP contribution in [-0.4, -0.2) is 23.4 Å². The van der Waals surface area contributed by atoms with Gasteiger partial charge in [0.25, 0.3) is 0 Å². The van der Waals surface area contributed by atoms with Crippen LogP contribution in [0, 0.1) is 11.3 Å². The molecule has 0 saturated heterocycles. The SMILES string of the molecule is CC(C)(C)NC(=O)[C@H](CC1CCCCC1)NC(=O)C(C)(C)C. The van der Waals surface area contributed by atoms with Crippen molar-refractivity contribution in [2.75, 3.05) is 0 Å². The second kappa shape index (κ2) is 7.47. The summed E-state index contributed by atoms with van der Waals surface area (Å²) in [6.07, 6.45) is 6.87. The summed E-state index contributed by atoms with van der Waals surface area (Å²) in [6.45, 7) is 11.5. The molecule has 0 aliphatic heterocycles. The van der Waals surface area contributed by atoms with E-state index in [2.05, 4.69) is 10.6 Å². The fourth-order valence-electron chi connectivity index (χ4n) is 2.82. The van der Waals surface area contributed by atoms with E-state index in [9.17, 15) is 9.59 Å². The molecule has 0 bridgehead atoms. The maximum atomic E-state index is 12.6. The van der Waals surface area contributed by atoms with Gasteiger partial charge in [0.1, 0.15) is 6.04 Å². The molecule has 1 aliphatic carbocycles. The normalized spacial score (nSPS) is 18.6. The van der Waals surface area contributed by atoms with Crippen molar-refractivity contribution in [2.24, 2.45) is 11.3 Å². The van der Waals surface area contributed by atoms with Gasteiger partial charge in [-0.25, -0.2) is 0 Å². The number of carbonyl (C=O) groups is 2. The van der Waals surface area contributed by atoms with Gasteiger partial charge in [-0.2, -0.15) is 0 Å². The number of carbonyl (C=O) groups excluding carboxylic acids is 2. The van der Waals surface area contributed by atoms with Crippen molar-refractivity contribution in [3.63, 3.8) is 0 Å². The third kappa shape index (κ3) is 6.80. The molecule has 1 fully saturated rings. The van der Waals surface area contributed by atoms with E-state index in [1.165, 1.54) is 32.1 Å². The lowest BCUT2D eigenvalue weighted by Crippen LogP contribution is -2.54. The van der Waals surface area contributed by atoms with E-state index in [0.717, 1.165) is 6.42 Å². The quantitative estimate of drug-likeness (QED) is 0.836. The summed E-state index contributed by atoms with van der Waals surface area (Å²) >= 11 is 0. The smallest absolute Gasteiger partial charge is 0.242 e. The number of rotatable bonds is 4. The minimum absolute atomic E-state index is 0.0580. The molecule has 0 radical (unpaired) electrons. The largest absolute Gasteiger partial charge is 0.350 e. The first-order chi connectivity index (χ1) is 9.99. The number of amides is 2. The van der Waals surface area contributed by atoms with Crippen LogP contribution in [0.4, 0.5) is 0 Å². The van der Waals surface area contributed by atoms with Crippen LogP contribution in [0.1, 0.15) is 80.1 Å². The molecule has 1 aliphatic rings. The Bertz CT molecular complexity index is 385. The predicted molar refractivity (Wildman–Crippen MR) is 90.5 cm³/mol. The monoisotopic (exact) mass is 310 g/mol. The van der Waals surface area contributed by atoms with E-state index >= 15 is 0 Å². The molecule has 4 heteroatoms. The van der Waals surface area contributed by atoms with Crippen LogP contribution in [0.3, 0.4) is 0 Å². The highest BCUT2D eigenvalue weighted by Crippen LogP contribution is 2.28. The predicted octanol–water partition coefficient (Wildman–Crippen LogP) is 3.40. The molecule has 0 aromatic rings. The molecule has 2 N–H and O–H groups in total. The van der Waals surface area contributed by atoms with Gasteiger partial charge in [-0.05, 0) is 33.1 Å². The fraction of sp³-hybridized carbons (Fsp3) is 0.889. The first kappa shape index (κ1) is 19.0. The molecular weight excluding hydrogens is 276 g/mol. The first-order valence-corrected chi connectivity index (χ1v) is 8.62. The highest BCUT2D eigenvalue weighted by molar-refractivity contribution is 5.89. The molecule has 0 aromatic carbocycles. The molecule has 2 amide bonds. The third-order valence-electron chi connectivity index (χ3n) is 4.09. The van der Waals surface area contributed by atoms with Crippen molar-refractivity contribution in [3.05, 3.63) is 0 Å². The third-order valence-corrected chi connectivity index (χ3v) is 4.09. The van der Waals surface area contributed by atoms with Crippen molar-refractivity contribution in [1.82, 2.24) is 10.6 Å². The van der Waals surface area contributed by atoms with Gasteiger partial charge in [-0.15, -0.1) is 0 Å². The summed E-state index contributed by atoms with van der Waals surface area (Å²) in [7, 11) is 0. The molecule has 0 heterocycles. The zero-order chi connectivity index (χ0) is 17.0. The molecule has 1 saturated carbocycles. The number of hydrogen-bond acceptors (Lipinski definition) is 2. The maximum absolute atomic E-state index is 12.6. The van der Waals surface area contributed by atoms with Crippen molar-refractivity contribution in [2.45, 2.75) is 91.6 Å². The Morgan fingerprint density at radius 2 is 1.55 bits per heavy atom. The van der Waals surface area contributed by atoms with Gasteiger partial charge in [0.2, 0.25) is 11.8 Å². The van der Waals surface area contributed by atoms with Crippen molar-refractivity contribution < 1.29 is 9.59 Å². The molecule has 128 valence electrons. The molecule has 1 rings (SSSR count). The number of hydrogen-bond donors (Lipinski definition) is 2. The topological polar surface area (TPSA) is 58.2 Å². The van der Waals surface area contributed by atoms with Crippen LogP contribution in [0.5, 0.6) is 0 Å². The van der Waals surface area contributed by atoms with Gasteiger partial charge in [0.15, 0.2) is 0 Å². The summed E-state index contributed by atoms with van der Waals surface area (Å²) in [5, 5.41) is 5.99. The van der Waals surface area contributed by atoms with Crippen LogP contribution in [0.25, 0.3) is 0 Å². The minimum atomic E-state index is -0.479. The first-order valence-electron chi connectivity index (χ1n) is 8.62. The van der Waals surface area contributed by atoms with Crippen molar-refractivity contribution in [1.29, 1.82) is 0 Å². The fourth-order valence-corrected chi connectivity index (χ4v) is 2.82. The van der Waals surface area contributed by atoms with Crippen molar-refractivity contribution >= 4 is 11.8 Å². The lowest BCUT2D eigenvalue weighted by atomic mass is 9.84. The minimum Gasteiger partial charge on any atom is -0.350 e. The Balaban J connectivity index is 2.75. The molecular formula is C18H34N2O2. The van der Waals surface area contributed by atoms with Crippen LogP contribution >= 0.6 is 0 Å². The Morgan fingerprint density at radius 3 is 2.00 bits per heavy atom. The summed E-state index contributed by atoms with van der Waals surface area (Å²) in [6, 6.07) is -0.422. The number of nitrogens with one attached hydrogen (secondary N) is 2. The lowest BCUT2D eigenvalue weighted by molar-refractivity contribution is -0.134. The molecule has 4 nitrogen and oxygen atoms in total. The van der Waals surface area contributed by atoms with E-state index in [0.29, 0.717) is 5.92 Å².